The molecule has 2 aromatic carbocycles. The number of benzene rings is 2. The van der Waals surface area contributed by atoms with Crippen LogP contribution in [0.3, 0.4) is 0 Å². The van der Waals surface area contributed by atoms with Crippen LogP contribution in [0.2, 0.25) is 0 Å². The maximum atomic E-state index is 13.3. The summed E-state index contributed by atoms with van der Waals surface area (Å²) in [6.45, 7) is 1.54. The van der Waals surface area contributed by atoms with Crippen molar-refractivity contribution in [2.45, 2.75) is 25.9 Å². The van der Waals surface area contributed by atoms with Gasteiger partial charge in [0, 0.05) is 11.3 Å². The van der Waals surface area contributed by atoms with Crippen LogP contribution in [0.1, 0.15) is 29.2 Å². The summed E-state index contributed by atoms with van der Waals surface area (Å²) in [5.41, 5.74) is 2.40. The smallest absolute Gasteiger partial charge is 0.326 e. The second-order valence-electron chi connectivity index (χ2n) is 7.18. The van der Waals surface area contributed by atoms with Gasteiger partial charge in [-0.05, 0) is 41.3 Å². The van der Waals surface area contributed by atoms with Crippen molar-refractivity contribution in [1.29, 1.82) is 0 Å². The van der Waals surface area contributed by atoms with Gasteiger partial charge in [-0.1, -0.05) is 37.3 Å². The maximum Gasteiger partial charge on any atom is 0.326 e. The first-order valence-corrected chi connectivity index (χ1v) is 11.1. The lowest BCUT2D eigenvalue weighted by Crippen LogP contribution is -2.33. The number of aryl methyl sites for hydroxylation is 1. The molecule has 1 atom stereocenters. The molecule has 0 radical (unpaired) electrons. The van der Waals surface area contributed by atoms with E-state index in [1.165, 1.54) is 23.5 Å². The number of nitrogens with one attached hydrogen (secondary N) is 1. The number of para-hydroxylation sites is 2. The molecule has 0 spiro atoms. The van der Waals surface area contributed by atoms with Crippen LogP contribution >= 0.6 is 11.3 Å². The third kappa shape index (κ3) is 4.86. The average molecular weight is 452 g/mol. The molecule has 0 aliphatic rings. The summed E-state index contributed by atoms with van der Waals surface area (Å²) in [5.74, 6) is -0.529. The molecule has 0 fully saturated rings. The lowest BCUT2D eigenvalue weighted by atomic mass is 10.1. The van der Waals surface area contributed by atoms with Crippen molar-refractivity contribution < 1.29 is 18.7 Å². The highest BCUT2D eigenvalue weighted by Crippen LogP contribution is 2.26. The van der Waals surface area contributed by atoms with Crippen LogP contribution in [-0.2, 0) is 27.3 Å². The van der Waals surface area contributed by atoms with Crippen LogP contribution in [-0.4, -0.2) is 28.0 Å². The van der Waals surface area contributed by atoms with Crippen LogP contribution in [0.4, 0.5) is 4.39 Å². The lowest BCUT2D eigenvalue weighted by Gasteiger charge is -2.18. The predicted octanol–water partition coefficient (Wildman–Crippen LogP) is 4.25. The van der Waals surface area contributed by atoms with Crippen LogP contribution < -0.4 is 5.32 Å². The second-order valence-corrected chi connectivity index (χ2v) is 8.16. The third-order valence-corrected chi connectivity index (χ3v) is 5.97. The molecule has 4 aromatic rings. The largest absolute Gasteiger partial charge is 0.454 e. The van der Waals surface area contributed by atoms with E-state index in [9.17, 15) is 14.0 Å². The highest BCUT2D eigenvalue weighted by Gasteiger charge is 2.20. The number of halogens is 1. The summed E-state index contributed by atoms with van der Waals surface area (Å²) < 4.78 is 20.4. The summed E-state index contributed by atoms with van der Waals surface area (Å²) in [4.78, 5) is 30.4. The zero-order valence-electron chi connectivity index (χ0n) is 17.5. The van der Waals surface area contributed by atoms with Gasteiger partial charge < -0.3 is 14.6 Å². The molecule has 164 valence electrons. The summed E-state index contributed by atoms with van der Waals surface area (Å²) in [6.07, 6.45) is 0.669. The van der Waals surface area contributed by atoms with Crippen molar-refractivity contribution in [3.8, 4) is 0 Å². The quantitative estimate of drug-likeness (QED) is 0.407. The normalized spacial score (nSPS) is 11.9. The lowest BCUT2D eigenvalue weighted by molar-refractivity contribution is -0.149. The van der Waals surface area contributed by atoms with E-state index in [1.807, 2.05) is 53.3 Å². The van der Waals surface area contributed by atoms with Gasteiger partial charge >= 0.3 is 5.97 Å². The molecule has 1 unspecified atom stereocenters. The molecule has 6 nitrogen and oxygen atoms in total. The van der Waals surface area contributed by atoms with Crippen molar-refractivity contribution in [2.24, 2.45) is 0 Å². The van der Waals surface area contributed by atoms with E-state index in [0.717, 1.165) is 27.3 Å². The molecule has 0 bridgehead atoms. The molecule has 4 rings (SSSR count). The number of hydrogen-bond donors (Lipinski definition) is 1. The van der Waals surface area contributed by atoms with E-state index < -0.39 is 24.5 Å². The third-order valence-electron chi connectivity index (χ3n) is 5.04. The first-order chi connectivity index (χ1) is 15.5. The Kier molecular flexibility index (Phi) is 6.61. The zero-order chi connectivity index (χ0) is 22.5. The molecule has 1 amide bonds. The fourth-order valence-corrected chi connectivity index (χ4v) is 4.33. The number of imidazole rings is 1. The number of amides is 1. The fourth-order valence-electron chi connectivity index (χ4n) is 3.52. The topological polar surface area (TPSA) is 73.2 Å². The zero-order valence-corrected chi connectivity index (χ0v) is 18.3. The molecule has 0 aliphatic heterocycles. The van der Waals surface area contributed by atoms with Gasteiger partial charge in [0.15, 0.2) is 6.61 Å². The minimum atomic E-state index is -0.521. The van der Waals surface area contributed by atoms with E-state index in [2.05, 4.69) is 10.3 Å². The molecule has 2 heterocycles. The Balaban J connectivity index is 1.41. The van der Waals surface area contributed by atoms with Gasteiger partial charge in [0.1, 0.15) is 18.2 Å². The number of carbonyl (C=O) groups is 2. The Morgan fingerprint density at radius 1 is 1.12 bits per heavy atom. The second kappa shape index (κ2) is 9.74. The van der Waals surface area contributed by atoms with E-state index in [4.69, 9.17) is 4.74 Å². The van der Waals surface area contributed by atoms with Gasteiger partial charge in [0.05, 0.1) is 17.1 Å². The van der Waals surface area contributed by atoms with E-state index in [0.29, 0.717) is 6.42 Å². The summed E-state index contributed by atoms with van der Waals surface area (Å²) >= 11 is 1.48. The summed E-state index contributed by atoms with van der Waals surface area (Å²) in [7, 11) is 0. The molecule has 1 N–H and O–H groups in total. The molecule has 2 aromatic heterocycles. The minimum Gasteiger partial charge on any atom is -0.454 e. The molecule has 0 saturated heterocycles. The number of carbonyl (C=O) groups excluding carboxylic acids is 2. The number of aromatic nitrogens is 2. The first kappa shape index (κ1) is 21.7. The Labute approximate surface area is 188 Å². The van der Waals surface area contributed by atoms with Crippen molar-refractivity contribution in [3.05, 3.63) is 88.1 Å². The van der Waals surface area contributed by atoms with E-state index in [-0.39, 0.29) is 12.4 Å². The van der Waals surface area contributed by atoms with Crippen molar-refractivity contribution in [3.63, 3.8) is 0 Å². The summed E-state index contributed by atoms with van der Waals surface area (Å²) in [5, 5.41) is 4.78. The first-order valence-electron chi connectivity index (χ1n) is 10.2. The highest BCUT2D eigenvalue weighted by atomic mass is 32.1. The van der Waals surface area contributed by atoms with Gasteiger partial charge in [-0.3, -0.25) is 9.59 Å². The molecular weight excluding hydrogens is 429 g/mol. The Morgan fingerprint density at radius 3 is 2.62 bits per heavy atom. The van der Waals surface area contributed by atoms with Crippen LogP contribution in [0.5, 0.6) is 0 Å². The molecule has 0 saturated carbocycles. The van der Waals surface area contributed by atoms with Crippen LogP contribution in [0.15, 0.2) is 66.0 Å². The Bertz CT molecular complexity index is 1220. The number of hydrogen-bond acceptors (Lipinski definition) is 5. The van der Waals surface area contributed by atoms with E-state index >= 15 is 0 Å². The Morgan fingerprint density at radius 2 is 1.91 bits per heavy atom. The van der Waals surface area contributed by atoms with Crippen molar-refractivity contribution in [2.75, 3.05) is 6.61 Å². The van der Waals surface area contributed by atoms with Crippen molar-refractivity contribution >= 4 is 34.2 Å². The van der Waals surface area contributed by atoms with Crippen LogP contribution in [0.25, 0.3) is 11.0 Å². The number of rotatable bonds is 8. The number of fused-ring (bicyclic) bond motifs is 1. The van der Waals surface area contributed by atoms with Gasteiger partial charge in [-0.15, -0.1) is 11.3 Å². The highest BCUT2D eigenvalue weighted by molar-refractivity contribution is 7.10. The average Bonchev–Trinajstić information content (AvgIpc) is 3.45. The monoisotopic (exact) mass is 451 g/mol. The van der Waals surface area contributed by atoms with Gasteiger partial charge in [0.25, 0.3) is 5.91 Å². The predicted molar refractivity (Wildman–Crippen MR) is 121 cm³/mol. The molecule has 8 heteroatoms. The van der Waals surface area contributed by atoms with Gasteiger partial charge in [-0.25, -0.2) is 9.37 Å². The number of thiophene rings is 1. The Hall–Kier alpha value is -3.52. The summed E-state index contributed by atoms with van der Waals surface area (Å²) in [6, 6.07) is 16.8. The standard InChI is InChI=1S/C24H22FN3O3S/c1-2-21-26-18-6-3-4-7-19(18)28(21)14-23(30)31-15-22(29)27-24(20-8-5-13-32-20)16-9-11-17(25)12-10-16/h3-13,24H,2,14-15H2,1H3,(H,27,29). The van der Waals surface area contributed by atoms with Gasteiger partial charge in [0.2, 0.25) is 0 Å². The van der Waals surface area contributed by atoms with E-state index in [1.54, 1.807) is 12.1 Å². The molecule has 32 heavy (non-hydrogen) atoms. The number of ether oxygens (including phenoxy) is 1. The SMILES string of the molecule is CCc1nc2ccccc2n1CC(=O)OCC(=O)NC(c1ccc(F)cc1)c1cccs1. The number of esters is 1. The molecular formula is C24H22FN3O3S. The maximum absolute atomic E-state index is 13.3. The van der Waals surface area contributed by atoms with Gasteiger partial charge in [-0.2, -0.15) is 0 Å². The fraction of sp³-hybridized carbons (Fsp3) is 0.208. The molecule has 0 aliphatic carbocycles. The minimum absolute atomic E-state index is 0.0245. The number of nitrogens with zero attached hydrogens (tertiary/aromatic N) is 2. The van der Waals surface area contributed by atoms with Crippen molar-refractivity contribution in [1.82, 2.24) is 14.9 Å². The van der Waals surface area contributed by atoms with Crippen LogP contribution in [0, 0.1) is 5.82 Å².